The minimum atomic E-state index is -0.667. The Morgan fingerprint density at radius 1 is 2.25 bits per heavy atom. The first-order valence-electron chi connectivity index (χ1n) is 1.17. The van der Waals surface area contributed by atoms with E-state index in [1.807, 2.05) is 0 Å². The summed E-state index contributed by atoms with van der Waals surface area (Å²) in [4.78, 5) is 0. The predicted octanol–water partition coefficient (Wildman–Crippen LogP) is -0.604. The molecular formula is C2H8NO+. The van der Waals surface area contributed by atoms with Crippen LogP contribution in [-0.4, -0.2) is 11.3 Å². The zero-order valence-corrected chi connectivity index (χ0v) is 2.60. The highest BCUT2D eigenvalue weighted by Crippen LogP contribution is 1.50. The van der Waals surface area contributed by atoms with Crippen LogP contribution in [0.2, 0.25) is 0 Å². The van der Waals surface area contributed by atoms with Gasteiger partial charge in [-0.15, -0.1) is 0 Å². The summed E-state index contributed by atoms with van der Waals surface area (Å²) in [6.45, 7) is 1.50. The first kappa shape index (κ1) is 3.92. The molecule has 2 nitrogen and oxygen atoms in total. The number of hydrogen-bond acceptors (Lipinski definition) is 2. The second-order valence-electron chi connectivity index (χ2n) is 0.741. The number of rotatable bonds is 0. The largest absolute Gasteiger partial charge is 1.00 e. The van der Waals surface area contributed by atoms with Gasteiger partial charge in [-0.2, -0.15) is 0 Å². The quantitative estimate of drug-likeness (QED) is 0.368. The molecule has 0 aromatic rings. The summed E-state index contributed by atoms with van der Waals surface area (Å²) >= 11 is 0. The van der Waals surface area contributed by atoms with Crippen molar-refractivity contribution >= 4 is 0 Å². The minimum Gasteiger partial charge on any atom is -0.379 e. The topological polar surface area (TPSA) is 46.2 Å². The third kappa shape index (κ3) is 254. The maximum atomic E-state index is 7.83. The lowest BCUT2D eigenvalue weighted by Gasteiger charge is -1.82. The second-order valence-corrected chi connectivity index (χ2v) is 0.741. The van der Waals surface area contributed by atoms with Gasteiger partial charge in [0.05, 0.1) is 6.23 Å². The summed E-state index contributed by atoms with van der Waals surface area (Å²) in [6, 6.07) is 0. The van der Waals surface area contributed by atoms with E-state index in [0.717, 1.165) is 0 Å². The first-order valence-corrected chi connectivity index (χ1v) is 1.17. The molecule has 0 rings (SSSR count). The van der Waals surface area contributed by atoms with Gasteiger partial charge in [-0.25, -0.2) is 0 Å². The Hall–Kier alpha value is -0.0800. The molecule has 0 bridgehead atoms. The van der Waals surface area contributed by atoms with E-state index < -0.39 is 6.23 Å². The third-order valence-electron chi connectivity index (χ3n) is 0. The Morgan fingerprint density at radius 3 is 2.25 bits per heavy atom. The van der Waals surface area contributed by atoms with Gasteiger partial charge in [0.2, 0.25) is 0 Å². The molecule has 0 amide bonds. The summed E-state index contributed by atoms with van der Waals surface area (Å²) in [7, 11) is 0. The summed E-state index contributed by atoms with van der Waals surface area (Å²) in [6.07, 6.45) is -0.667. The molecule has 3 N–H and O–H groups in total. The minimum absolute atomic E-state index is 0. The van der Waals surface area contributed by atoms with Crippen molar-refractivity contribution in [3.05, 3.63) is 0 Å². The van der Waals surface area contributed by atoms with Crippen molar-refractivity contribution in [2.75, 3.05) is 0 Å². The van der Waals surface area contributed by atoms with Crippen molar-refractivity contribution in [1.29, 1.82) is 0 Å². The van der Waals surface area contributed by atoms with Crippen LogP contribution in [0.15, 0.2) is 0 Å². The summed E-state index contributed by atoms with van der Waals surface area (Å²) in [5.74, 6) is 0. The molecule has 0 fully saturated rings. The SMILES string of the molecule is CC(N)O.[H+]. The molecule has 1 atom stereocenters. The first-order chi connectivity index (χ1) is 1.73. The van der Waals surface area contributed by atoms with Crippen molar-refractivity contribution in [2.45, 2.75) is 13.2 Å². The molecule has 0 saturated heterocycles. The van der Waals surface area contributed by atoms with Crippen LogP contribution in [0.3, 0.4) is 0 Å². The van der Waals surface area contributed by atoms with Crippen molar-refractivity contribution in [3.63, 3.8) is 0 Å². The molecule has 2 heteroatoms. The normalized spacial score (nSPS) is 15.8. The molecule has 0 radical (unpaired) electrons. The van der Waals surface area contributed by atoms with Gasteiger partial charge in [-0.3, -0.25) is 0 Å². The van der Waals surface area contributed by atoms with Gasteiger partial charge in [0.1, 0.15) is 0 Å². The van der Waals surface area contributed by atoms with Crippen LogP contribution < -0.4 is 5.73 Å². The fraction of sp³-hybridized carbons (Fsp3) is 1.00. The molecule has 0 aliphatic rings. The van der Waals surface area contributed by atoms with E-state index in [2.05, 4.69) is 5.73 Å². The molecule has 0 aliphatic heterocycles. The lowest BCUT2D eigenvalue weighted by atomic mass is 10.7. The van der Waals surface area contributed by atoms with Crippen LogP contribution in [0.4, 0.5) is 0 Å². The van der Waals surface area contributed by atoms with Crippen LogP contribution >= 0.6 is 0 Å². The maximum Gasteiger partial charge on any atom is 1.00 e. The molecule has 1 unspecified atom stereocenters. The van der Waals surface area contributed by atoms with Crippen LogP contribution in [0.25, 0.3) is 0 Å². The molecule has 0 spiro atoms. The molecule has 4 heavy (non-hydrogen) atoms. The van der Waals surface area contributed by atoms with Gasteiger partial charge in [-0.05, 0) is 6.92 Å². The summed E-state index contributed by atoms with van der Waals surface area (Å²) in [5.41, 5.74) is 4.67. The Labute approximate surface area is 26.7 Å². The van der Waals surface area contributed by atoms with Crippen molar-refractivity contribution in [1.82, 2.24) is 0 Å². The van der Waals surface area contributed by atoms with Crippen LogP contribution in [-0.2, 0) is 0 Å². The fourth-order valence-electron chi connectivity index (χ4n) is 0. The van der Waals surface area contributed by atoms with Gasteiger partial charge < -0.3 is 10.8 Å². The lowest BCUT2D eigenvalue weighted by molar-refractivity contribution is 0.203. The Morgan fingerprint density at radius 2 is 2.25 bits per heavy atom. The monoisotopic (exact) mass is 62.1 g/mol. The van der Waals surface area contributed by atoms with Gasteiger partial charge >= 0.3 is 1.43 Å². The van der Waals surface area contributed by atoms with E-state index in [-0.39, 0.29) is 1.43 Å². The Balaban J connectivity index is 0. The standard InChI is InChI=1S/C2H7NO/c1-2(3)4/h2,4H,3H2,1H3/p+1. The zero-order chi connectivity index (χ0) is 3.58. The van der Waals surface area contributed by atoms with E-state index in [1.165, 1.54) is 6.92 Å². The van der Waals surface area contributed by atoms with E-state index in [0.29, 0.717) is 0 Å². The highest BCUT2D eigenvalue weighted by atomic mass is 16.3. The molecule has 0 heterocycles. The Kier molecular flexibility index (Phi) is 1.24. The second kappa shape index (κ2) is 1.26. The van der Waals surface area contributed by atoms with E-state index >= 15 is 0 Å². The van der Waals surface area contributed by atoms with Crippen molar-refractivity contribution < 1.29 is 6.53 Å². The average Bonchev–Trinajstić information content (AvgIpc) is 0.811. The van der Waals surface area contributed by atoms with Crippen molar-refractivity contribution in [3.8, 4) is 0 Å². The van der Waals surface area contributed by atoms with E-state index in [1.54, 1.807) is 0 Å². The van der Waals surface area contributed by atoms with Gasteiger partial charge in [0, 0.05) is 0 Å². The molecule has 0 aromatic heterocycles. The third-order valence-corrected chi connectivity index (χ3v) is 0. The van der Waals surface area contributed by atoms with Gasteiger partial charge in [0.25, 0.3) is 0 Å². The number of aliphatic hydroxyl groups is 1. The van der Waals surface area contributed by atoms with E-state index in [9.17, 15) is 0 Å². The molecule has 0 aromatic carbocycles. The number of aliphatic hydroxyl groups excluding tert-OH is 1. The molecule has 26 valence electrons. The number of hydrogen-bond donors (Lipinski definition) is 2. The summed E-state index contributed by atoms with van der Waals surface area (Å²) < 4.78 is 0. The van der Waals surface area contributed by atoms with Gasteiger partial charge in [0.15, 0.2) is 0 Å². The van der Waals surface area contributed by atoms with Crippen LogP contribution in [0.1, 0.15) is 8.35 Å². The molecule has 0 aliphatic carbocycles. The predicted molar refractivity (Wildman–Crippen MR) is 17.0 cm³/mol. The highest BCUT2D eigenvalue weighted by Gasteiger charge is 1.68. The maximum absolute atomic E-state index is 7.83. The Bertz CT molecular complexity index is 14.4. The molecule has 0 saturated carbocycles. The summed E-state index contributed by atoms with van der Waals surface area (Å²) in [5, 5.41) is 7.83. The zero-order valence-electron chi connectivity index (χ0n) is 3.60. The van der Waals surface area contributed by atoms with Gasteiger partial charge in [-0.1, -0.05) is 0 Å². The van der Waals surface area contributed by atoms with E-state index in [4.69, 9.17) is 5.11 Å². The number of nitrogens with two attached hydrogens (primary N) is 1. The lowest BCUT2D eigenvalue weighted by Crippen LogP contribution is -2.11. The average molecular weight is 62.1 g/mol. The fourth-order valence-corrected chi connectivity index (χ4v) is 0. The van der Waals surface area contributed by atoms with Crippen molar-refractivity contribution in [2.24, 2.45) is 5.73 Å². The molecular weight excluding hydrogens is 54.0 g/mol. The highest BCUT2D eigenvalue weighted by molar-refractivity contribution is 4.16. The van der Waals surface area contributed by atoms with Crippen LogP contribution in [0.5, 0.6) is 0 Å². The van der Waals surface area contributed by atoms with Crippen LogP contribution in [0, 0.1) is 0 Å². The smallest absolute Gasteiger partial charge is 0.379 e.